The van der Waals surface area contributed by atoms with E-state index in [4.69, 9.17) is 4.74 Å². The SMILES string of the molecule is CCNC(=NCc1ccc(OCCN(CC)CC)cc1)NCCc1csc(C)n1. The van der Waals surface area contributed by atoms with Gasteiger partial charge in [0.2, 0.25) is 0 Å². The summed E-state index contributed by atoms with van der Waals surface area (Å²) in [7, 11) is 0. The fourth-order valence-electron chi connectivity index (χ4n) is 2.87. The molecule has 0 saturated heterocycles. The van der Waals surface area contributed by atoms with E-state index in [1.54, 1.807) is 11.3 Å². The highest BCUT2D eigenvalue weighted by Gasteiger charge is 2.02. The Balaban J connectivity index is 1.78. The predicted molar refractivity (Wildman–Crippen MR) is 123 cm³/mol. The maximum atomic E-state index is 5.85. The number of likely N-dealkylation sites (N-methyl/N-ethyl adjacent to an activating group) is 1. The van der Waals surface area contributed by atoms with Crippen molar-refractivity contribution in [3.8, 4) is 5.75 Å². The van der Waals surface area contributed by atoms with Gasteiger partial charge >= 0.3 is 0 Å². The standard InChI is InChI=1S/C22H35N5OS/c1-5-23-22(24-13-12-20-17-29-18(4)26-20)25-16-19-8-10-21(11-9-19)28-15-14-27(6-2)7-3/h8-11,17H,5-7,12-16H2,1-4H3,(H2,23,24,25). The summed E-state index contributed by atoms with van der Waals surface area (Å²) in [5.41, 5.74) is 2.29. The van der Waals surface area contributed by atoms with Crippen molar-refractivity contribution in [2.45, 2.75) is 40.7 Å². The van der Waals surface area contributed by atoms with E-state index in [0.29, 0.717) is 13.2 Å². The Hall–Kier alpha value is -2.12. The van der Waals surface area contributed by atoms with Crippen LogP contribution in [0.2, 0.25) is 0 Å². The zero-order chi connectivity index (χ0) is 20.9. The lowest BCUT2D eigenvalue weighted by Gasteiger charge is -2.18. The van der Waals surface area contributed by atoms with Gasteiger partial charge in [-0.3, -0.25) is 0 Å². The van der Waals surface area contributed by atoms with E-state index in [0.717, 1.165) is 67.1 Å². The summed E-state index contributed by atoms with van der Waals surface area (Å²) in [5, 5.41) is 9.91. The molecule has 1 aromatic carbocycles. The second-order valence-corrected chi connectivity index (χ2v) is 7.81. The normalized spacial score (nSPS) is 11.7. The van der Waals surface area contributed by atoms with E-state index < -0.39 is 0 Å². The van der Waals surface area contributed by atoms with Crippen LogP contribution in [0.5, 0.6) is 5.75 Å². The van der Waals surface area contributed by atoms with Crippen molar-refractivity contribution in [2.24, 2.45) is 4.99 Å². The van der Waals surface area contributed by atoms with Gasteiger partial charge in [0.25, 0.3) is 0 Å². The molecule has 160 valence electrons. The zero-order valence-corrected chi connectivity index (χ0v) is 19.0. The molecule has 0 unspecified atom stereocenters. The molecule has 2 rings (SSSR count). The van der Waals surface area contributed by atoms with E-state index in [9.17, 15) is 0 Å². The van der Waals surface area contributed by atoms with Gasteiger partial charge in [0.05, 0.1) is 17.2 Å². The highest BCUT2D eigenvalue weighted by Crippen LogP contribution is 2.13. The van der Waals surface area contributed by atoms with Gasteiger partial charge in [-0.1, -0.05) is 26.0 Å². The molecule has 1 heterocycles. The molecule has 2 aromatic rings. The van der Waals surface area contributed by atoms with Crippen molar-refractivity contribution in [1.82, 2.24) is 20.5 Å². The van der Waals surface area contributed by atoms with Crippen LogP contribution in [-0.2, 0) is 13.0 Å². The summed E-state index contributed by atoms with van der Waals surface area (Å²) in [5.74, 6) is 1.74. The van der Waals surface area contributed by atoms with Crippen molar-refractivity contribution in [3.63, 3.8) is 0 Å². The number of benzene rings is 1. The third-order valence-corrected chi connectivity index (χ3v) is 5.42. The molecular weight excluding hydrogens is 382 g/mol. The Morgan fingerprint density at radius 1 is 1.14 bits per heavy atom. The van der Waals surface area contributed by atoms with Crippen LogP contribution < -0.4 is 15.4 Å². The first-order chi connectivity index (χ1) is 14.1. The third-order valence-electron chi connectivity index (χ3n) is 4.60. The number of aliphatic imine (C=N–C) groups is 1. The van der Waals surface area contributed by atoms with E-state index >= 15 is 0 Å². The molecule has 0 aliphatic carbocycles. The number of aryl methyl sites for hydroxylation is 1. The van der Waals surface area contributed by atoms with Gasteiger partial charge in [-0.25, -0.2) is 9.98 Å². The van der Waals surface area contributed by atoms with Crippen LogP contribution in [0.4, 0.5) is 0 Å². The van der Waals surface area contributed by atoms with Gasteiger partial charge in [0, 0.05) is 31.4 Å². The Bertz CT molecular complexity index is 725. The first-order valence-electron chi connectivity index (χ1n) is 10.5. The van der Waals surface area contributed by atoms with Crippen LogP contribution in [0.15, 0.2) is 34.6 Å². The minimum Gasteiger partial charge on any atom is -0.492 e. The smallest absolute Gasteiger partial charge is 0.191 e. The summed E-state index contributed by atoms with van der Waals surface area (Å²) >= 11 is 1.69. The van der Waals surface area contributed by atoms with E-state index in [1.165, 1.54) is 0 Å². The van der Waals surface area contributed by atoms with Crippen molar-refractivity contribution in [1.29, 1.82) is 0 Å². The van der Waals surface area contributed by atoms with Gasteiger partial charge in [-0.05, 0) is 44.6 Å². The Morgan fingerprint density at radius 2 is 1.90 bits per heavy atom. The average Bonchev–Trinajstić information content (AvgIpc) is 3.15. The molecule has 6 nitrogen and oxygen atoms in total. The Kier molecular flexibility index (Phi) is 10.5. The molecule has 7 heteroatoms. The van der Waals surface area contributed by atoms with Crippen LogP contribution in [0, 0.1) is 6.92 Å². The lowest BCUT2D eigenvalue weighted by Crippen LogP contribution is -2.38. The van der Waals surface area contributed by atoms with Crippen molar-refractivity contribution in [3.05, 3.63) is 45.9 Å². The number of hydrogen-bond donors (Lipinski definition) is 2. The number of hydrogen-bond acceptors (Lipinski definition) is 5. The topological polar surface area (TPSA) is 61.8 Å². The summed E-state index contributed by atoms with van der Waals surface area (Å²) in [6.07, 6.45) is 0.897. The lowest BCUT2D eigenvalue weighted by molar-refractivity contribution is 0.223. The minimum absolute atomic E-state index is 0.630. The third kappa shape index (κ3) is 8.83. The molecule has 0 aliphatic heterocycles. The van der Waals surface area contributed by atoms with Gasteiger partial charge < -0.3 is 20.3 Å². The quantitative estimate of drug-likeness (QED) is 0.409. The fraction of sp³-hybridized carbons (Fsp3) is 0.545. The molecule has 0 atom stereocenters. The van der Waals surface area contributed by atoms with Crippen LogP contribution >= 0.6 is 11.3 Å². The number of aromatic nitrogens is 1. The molecule has 0 amide bonds. The molecule has 0 saturated carbocycles. The van der Waals surface area contributed by atoms with E-state index in [-0.39, 0.29) is 0 Å². The van der Waals surface area contributed by atoms with E-state index in [2.05, 4.69) is 63.8 Å². The average molecular weight is 418 g/mol. The van der Waals surface area contributed by atoms with Crippen molar-refractivity contribution >= 4 is 17.3 Å². The van der Waals surface area contributed by atoms with Crippen molar-refractivity contribution < 1.29 is 4.74 Å². The summed E-state index contributed by atoms with van der Waals surface area (Å²) < 4.78 is 5.85. The summed E-state index contributed by atoms with van der Waals surface area (Å²) in [4.78, 5) is 11.5. The molecule has 2 N–H and O–H groups in total. The van der Waals surface area contributed by atoms with Crippen LogP contribution in [0.1, 0.15) is 37.0 Å². The van der Waals surface area contributed by atoms with Gasteiger partial charge in [0.15, 0.2) is 5.96 Å². The van der Waals surface area contributed by atoms with Crippen LogP contribution in [0.25, 0.3) is 0 Å². The number of ether oxygens (including phenoxy) is 1. The molecular formula is C22H35N5OS. The van der Waals surface area contributed by atoms with Crippen LogP contribution in [0.3, 0.4) is 0 Å². The predicted octanol–water partition coefficient (Wildman–Crippen LogP) is 3.47. The monoisotopic (exact) mass is 417 g/mol. The van der Waals surface area contributed by atoms with Crippen LogP contribution in [-0.4, -0.2) is 55.2 Å². The zero-order valence-electron chi connectivity index (χ0n) is 18.2. The summed E-state index contributed by atoms with van der Waals surface area (Å²) in [6, 6.07) is 8.21. The molecule has 0 aliphatic rings. The maximum Gasteiger partial charge on any atom is 0.191 e. The molecule has 0 radical (unpaired) electrons. The molecule has 1 aromatic heterocycles. The first kappa shape index (κ1) is 23.2. The highest BCUT2D eigenvalue weighted by atomic mass is 32.1. The van der Waals surface area contributed by atoms with Gasteiger partial charge in [0.1, 0.15) is 12.4 Å². The highest BCUT2D eigenvalue weighted by molar-refractivity contribution is 7.09. The largest absolute Gasteiger partial charge is 0.492 e. The number of rotatable bonds is 12. The molecule has 0 bridgehead atoms. The number of nitrogens with zero attached hydrogens (tertiary/aromatic N) is 3. The number of thiazole rings is 1. The molecule has 0 spiro atoms. The molecule has 0 fully saturated rings. The Labute approximate surface area is 179 Å². The Morgan fingerprint density at radius 3 is 2.52 bits per heavy atom. The first-order valence-corrected chi connectivity index (χ1v) is 11.4. The second kappa shape index (κ2) is 13.2. The van der Waals surface area contributed by atoms with E-state index in [1.807, 2.05) is 19.1 Å². The fourth-order valence-corrected chi connectivity index (χ4v) is 3.51. The number of nitrogens with one attached hydrogen (secondary N) is 2. The summed E-state index contributed by atoms with van der Waals surface area (Å²) in [6.45, 7) is 14.5. The lowest BCUT2D eigenvalue weighted by atomic mass is 10.2. The minimum atomic E-state index is 0.630. The van der Waals surface area contributed by atoms with Gasteiger partial charge in [-0.15, -0.1) is 11.3 Å². The van der Waals surface area contributed by atoms with Gasteiger partial charge in [-0.2, -0.15) is 0 Å². The molecule has 29 heavy (non-hydrogen) atoms. The second-order valence-electron chi connectivity index (χ2n) is 6.75. The number of guanidine groups is 1. The maximum absolute atomic E-state index is 5.85. The van der Waals surface area contributed by atoms with Crippen molar-refractivity contribution in [2.75, 3.05) is 39.3 Å².